The van der Waals surface area contributed by atoms with Crippen molar-refractivity contribution in [1.29, 1.82) is 0 Å². The van der Waals surface area contributed by atoms with Crippen LogP contribution < -0.4 is 10.6 Å². The van der Waals surface area contributed by atoms with Gasteiger partial charge in [-0.05, 0) is 50.3 Å². The van der Waals surface area contributed by atoms with Crippen molar-refractivity contribution in [2.75, 3.05) is 10.6 Å². The van der Waals surface area contributed by atoms with Crippen molar-refractivity contribution in [2.24, 2.45) is 7.05 Å². The van der Waals surface area contributed by atoms with Gasteiger partial charge < -0.3 is 10.6 Å². The molecule has 0 bridgehead atoms. The largest absolute Gasteiger partial charge is 0.332 e. The highest BCUT2D eigenvalue weighted by molar-refractivity contribution is 7.80. The number of nitrogens with zero attached hydrogens (tertiary/aromatic N) is 2. The normalized spacial score (nSPS) is 10.2. The van der Waals surface area contributed by atoms with Crippen LogP contribution in [0.25, 0.3) is 0 Å². The second-order valence-corrected chi connectivity index (χ2v) is 4.92. The molecule has 2 N–H and O–H groups in total. The molecule has 0 radical (unpaired) electrons. The molecule has 20 heavy (non-hydrogen) atoms. The zero-order valence-corrected chi connectivity index (χ0v) is 12.4. The fraction of sp³-hybridized carbons (Fsp3) is 0.214. The Morgan fingerprint density at radius 3 is 2.40 bits per heavy atom. The van der Waals surface area contributed by atoms with Gasteiger partial charge in [0.15, 0.2) is 10.9 Å². The molecule has 6 heteroatoms. The highest BCUT2D eigenvalue weighted by atomic mass is 32.1. The van der Waals surface area contributed by atoms with Crippen LogP contribution in [0.4, 0.5) is 11.4 Å². The molecule has 0 saturated carbocycles. The van der Waals surface area contributed by atoms with E-state index in [0.29, 0.717) is 10.7 Å². The average Bonchev–Trinajstić information content (AvgIpc) is 2.68. The van der Waals surface area contributed by atoms with Crippen molar-refractivity contribution in [3.63, 3.8) is 0 Å². The van der Waals surface area contributed by atoms with Gasteiger partial charge in [-0.25, -0.2) is 0 Å². The maximum atomic E-state index is 11.2. The molecular weight excluding hydrogens is 272 g/mol. The lowest BCUT2D eigenvalue weighted by molar-refractivity contribution is 0.101. The summed E-state index contributed by atoms with van der Waals surface area (Å²) in [6, 6.07) is 7.17. The van der Waals surface area contributed by atoms with E-state index in [2.05, 4.69) is 15.7 Å². The molecule has 2 aromatic rings. The van der Waals surface area contributed by atoms with E-state index in [-0.39, 0.29) is 5.78 Å². The first kappa shape index (κ1) is 14.2. The summed E-state index contributed by atoms with van der Waals surface area (Å²) in [7, 11) is 1.86. The smallest absolute Gasteiger partial charge is 0.175 e. The van der Waals surface area contributed by atoms with Crippen molar-refractivity contribution in [1.82, 2.24) is 9.78 Å². The first-order chi connectivity index (χ1) is 9.45. The number of hydrogen-bond acceptors (Lipinski definition) is 3. The van der Waals surface area contributed by atoms with Gasteiger partial charge in [0.25, 0.3) is 0 Å². The zero-order valence-electron chi connectivity index (χ0n) is 11.6. The maximum Gasteiger partial charge on any atom is 0.175 e. The molecule has 0 aliphatic heterocycles. The van der Waals surface area contributed by atoms with Gasteiger partial charge in [-0.2, -0.15) is 5.10 Å². The van der Waals surface area contributed by atoms with Gasteiger partial charge in [0.1, 0.15) is 0 Å². The first-order valence-electron chi connectivity index (χ1n) is 6.15. The number of ketones is 1. The van der Waals surface area contributed by atoms with Crippen LogP contribution >= 0.6 is 12.2 Å². The number of rotatable bonds is 3. The summed E-state index contributed by atoms with van der Waals surface area (Å²) in [4.78, 5) is 11.2. The summed E-state index contributed by atoms with van der Waals surface area (Å²) in [6.07, 6.45) is 1.86. The number of hydrogen-bond donors (Lipinski definition) is 2. The number of aryl methyl sites for hydroxylation is 2. The SMILES string of the molecule is CC(=O)c1ccc(NC(=S)Nc2cn(C)nc2C)cc1. The van der Waals surface area contributed by atoms with Crippen LogP contribution in [0.15, 0.2) is 30.5 Å². The van der Waals surface area contributed by atoms with E-state index in [1.165, 1.54) is 0 Å². The van der Waals surface area contributed by atoms with E-state index in [1.54, 1.807) is 23.7 Å². The Morgan fingerprint density at radius 1 is 1.25 bits per heavy atom. The standard InChI is InChI=1S/C14H16N4OS/c1-9-13(8-18(3)17-9)16-14(20)15-12-6-4-11(5-7-12)10(2)19/h4-8H,1-3H3,(H2,15,16,20). The van der Waals surface area contributed by atoms with Gasteiger partial charge in [-0.3, -0.25) is 9.48 Å². The number of benzene rings is 1. The molecule has 0 unspecified atom stereocenters. The summed E-state index contributed by atoms with van der Waals surface area (Å²) in [5.74, 6) is 0.0447. The van der Waals surface area contributed by atoms with E-state index >= 15 is 0 Å². The lowest BCUT2D eigenvalue weighted by atomic mass is 10.1. The Bertz CT molecular complexity index is 646. The molecular formula is C14H16N4OS. The fourth-order valence-electron chi connectivity index (χ4n) is 1.80. The number of aromatic nitrogens is 2. The Morgan fingerprint density at radius 2 is 1.90 bits per heavy atom. The summed E-state index contributed by atoms with van der Waals surface area (Å²) in [5, 5.41) is 10.9. The fourth-order valence-corrected chi connectivity index (χ4v) is 2.02. The molecule has 1 aromatic heterocycles. The summed E-state index contributed by atoms with van der Waals surface area (Å²) in [5.41, 5.74) is 3.25. The third-order valence-corrected chi connectivity index (χ3v) is 3.02. The summed E-state index contributed by atoms with van der Waals surface area (Å²) < 4.78 is 1.72. The molecule has 0 saturated heterocycles. The summed E-state index contributed by atoms with van der Waals surface area (Å²) in [6.45, 7) is 3.45. The first-order valence-corrected chi connectivity index (χ1v) is 6.56. The average molecular weight is 288 g/mol. The minimum absolute atomic E-state index is 0.0447. The molecule has 0 fully saturated rings. The van der Waals surface area contributed by atoms with Crippen LogP contribution in [0, 0.1) is 6.92 Å². The Labute approximate surface area is 123 Å². The highest BCUT2D eigenvalue weighted by Crippen LogP contribution is 2.14. The third kappa shape index (κ3) is 3.42. The van der Waals surface area contributed by atoms with Crippen LogP contribution in [0.3, 0.4) is 0 Å². The molecule has 2 rings (SSSR count). The summed E-state index contributed by atoms with van der Waals surface area (Å²) >= 11 is 5.25. The lowest BCUT2D eigenvalue weighted by Crippen LogP contribution is -2.19. The topological polar surface area (TPSA) is 59.0 Å². The number of Topliss-reactive ketones (excluding diaryl/α,β-unsaturated/α-hetero) is 1. The number of nitrogens with one attached hydrogen (secondary N) is 2. The van der Waals surface area contributed by atoms with Crippen molar-refractivity contribution in [2.45, 2.75) is 13.8 Å². The third-order valence-electron chi connectivity index (χ3n) is 2.81. The number of carbonyl (C=O) groups is 1. The maximum absolute atomic E-state index is 11.2. The van der Waals surface area contributed by atoms with Gasteiger partial charge >= 0.3 is 0 Å². The van der Waals surface area contributed by atoms with Gasteiger partial charge in [0, 0.05) is 24.5 Å². The van der Waals surface area contributed by atoms with Gasteiger partial charge in [0.2, 0.25) is 0 Å². The van der Waals surface area contributed by atoms with Crippen LogP contribution in [0.2, 0.25) is 0 Å². The molecule has 0 atom stereocenters. The van der Waals surface area contributed by atoms with Crippen LogP contribution in [-0.2, 0) is 7.05 Å². The Kier molecular flexibility index (Phi) is 4.14. The number of carbonyl (C=O) groups excluding carboxylic acids is 1. The number of anilines is 2. The predicted molar refractivity (Wildman–Crippen MR) is 84.2 cm³/mol. The second-order valence-electron chi connectivity index (χ2n) is 4.51. The molecule has 0 aliphatic rings. The lowest BCUT2D eigenvalue weighted by Gasteiger charge is -2.09. The van der Waals surface area contributed by atoms with Gasteiger partial charge in [0.05, 0.1) is 11.4 Å². The van der Waals surface area contributed by atoms with E-state index in [4.69, 9.17) is 12.2 Å². The minimum atomic E-state index is 0.0447. The van der Waals surface area contributed by atoms with Crippen LogP contribution in [-0.4, -0.2) is 20.7 Å². The van der Waals surface area contributed by atoms with E-state index < -0.39 is 0 Å². The minimum Gasteiger partial charge on any atom is -0.332 e. The van der Waals surface area contributed by atoms with Crippen LogP contribution in [0.5, 0.6) is 0 Å². The van der Waals surface area contributed by atoms with Gasteiger partial charge in [-0.15, -0.1) is 0 Å². The Balaban J connectivity index is 2.01. The van der Waals surface area contributed by atoms with E-state index in [0.717, 1.165) is 17.1 Å². The second kappa shape index (κ2) is 5.83. The molecule has 1 heterocycles. The molecule has 0 spiro atoms. The monoisotopic (exact) mass is 288 g/mol. The Hall–Kier alpha value is -2.21. The predicted octanol–water partition coefficient (Wildman–Crippen LogP) is 2.74. The van der Waals surface area contributed by atoms with E-state index in [1.807, 2.05) is 32.3 Å². The molecule has 0 amide bonds. The quantitative estimate of drug-likeness (QED) is 0.672. The van der Waals surface area contributed by atoms with Gasteiger partial charge in [-0.1, -0.05) is 0 Å². The molecule has 0 aliphatic carbocycles. The van der Waals surface area contributed by atoms with Crippen molar-refractivity contribution in [3.05, 3.63) is 41.7 Å². The highest BCUT2D eigenvalue weighted by Gasteiger charge is 2.05. The van der Waals surface area contributed by atoms with Crippen molar-refractivity contribution in [3.8, 4) is 0 Å². The van der Waals surface area contributed by atoms with Crippen molar-refractivity contribution >= 4 is 34.5 Å². The molecule has 5 nitrogen and oxygen atoms in total. The zero-order chi connectivity index (χ0) is 14.7. The number of thiocarbonyl (C=S) groups is 1. The van der Waals surface area contributed by atoms with E-state index in [9.17, 15) is 4.79 Å². The van der Waals surface area contributed by atoms with Crippen LogP contribution in [0.1, 0.15) is 23.0 Å². The van der Waals surface area contributed by atoms with Crippen molar-refractivity contribution < 1.29 is 4.79 Å². The molecule has 1 aromatic carbocycles. The molecule has 104 valence electrons.